The van der Waals surface area contributed by atoms with E-state index >= 15 is 0 Å². The monoisotopic (exact) mass is 406 g/mol. The van der Waals surface area contributed by atoms with E-state index < -0.39 is 6.04 Å². The van der Waals surface area contributed by atoms with E-state index in [-0.39, 0.29) is 12.3 Å². The van der Waals surface area contributed by atoms with Crippen LogP contribution in [-0.4, -0.2) is 34.8 Å². The Morgan fingerprint density at radius 2 is 1.90 bits per heavy atom. The van der Waals surface area contributed by atoms with Gasteiger partial charge in [-0.2, -0.15) is 0 Å². The van der Waals surface area contributed by atoms with Gasteiger partial charge < -0.3 is 23.9 Å². The van der Waals surface area contributed by atoms with Gasteiger partial charge in [-0.3, -0.25) is 4.79 Å². The zero-order chi connectivity index (χ0) is 21.1. The molecule has 0 saturated heterocycles. The Kier molecular flexibility index (Phi) is 5.38. The predicted octanol–water partition coefficient (Wildman–Crippen LogP) is 3.03. The Bertz CT molecular complexity index is 1160. The van der Waals surface area contributed by atoms with Gasteiger partial charge in [0.15, 0.2) is 5.58 Å². The summed E-state index contributed by atoms with van der Waals surface area (Å²) in [6, 6.07) is 12.5. The average molecular weight is 406 g/mol. The van der Waals surface area contributed by atoms with Gasteiger partial charge in [0.1, 0.15) is 29.1 Å². The van der Waals surface area contributed by atoms with E-state index in [1.807, 2.05) is 54.2 Å². The molecule has 2 heterocycles. The van der Waals surface area contributed by atoms with E-state index in [0.29, 0.717) is 28.6 Å². The van der Waals surface area contributed by atoms with E-state index in [2.05, 4.69) is 15.5 Å². The van der Waals surface area contributed by atoms with Crippen molar-refractivity contribution < 1.29 is 18.8 Å². The number of nitrogens with zero attached hydrogens (tertiary/aromatic N) is 3. The fourth-order valence-corrected chi connectivity index (χ4v) is 3.38. The second kappa shape index (κ2) is 8.28. The van der Waals surface area contributed by atoms with Gasteiger partial charge in [-0.1, -0.05) is 17.3 Å². The molecule has 0 unspecified atom stereocenters. The van der Waals surface area contributed by atoms with Gasteiger partial charge in [-0.25, -0.2) is 4.98 Å². The minimum atomic E-state index is -0.500. The van der Waals surface area contributed by atoms with Crippen LogP contribution in [0.4, 0.5) is 0 Å². The van der Waals surface area contributed by atoms with Crippen LogP contribution in [0.25, 0.3) is 11.0 Å². The van der Waals surface area contributed by atoms with E-state index in [9.17, 15) is 4.79 Å². The number of hydrogen-bond donors (Lipinski definition) is 1. The third-order valence-corrected chi connectivity index (χ3v) is 4.91. The summed E-state index contributed by atoms with van der Waals surface area (Å²) in [6.07, 6.45) is 3.60. The largest absolute Gasteiger partial charge is 0.497 e. The Balaban J connectivity index is 1.66. The molecule has 4 rings (SSSR count). The van der Waals surface area contributed by atoms with Gasteiger partial charge in [0, 0.05) is 30.9 Å². The minimum Gasteiger partial charge on any atom is -0.497 e. The molecule has 0 aliphatic rings. The van der Waals surface area contributed by atoms with E-state index in [0.717, 1.165) is 10.9 Å². The van der Waals surface area contributed by atoms with Crippen LogP contribution in [0.1, 0.15) is 23.1 Å². The van der Waals surface area contributed by atoms with Crippen molar-refractivity contribution in [1.82, 2.24) is 20.0 Å². The summed E-state index contributed by atoms with van der Waals surface area (Å²) in [5.74, 6) is 1.73. The summed E-state index contributed by atoms with van der Waals surface area (Å²) in [6.45, 7) is 0. The molecule has 2 aromatic heterocycles. The zero-order valence-corrected chi connectivity index (χ0v) is 17.0. The van der Waals surface area contributed by atoms with Crippen LogP contribution in [-0.2, 0) is 18.3 Å². The molecular formula is C22H22N4O4. The number of rotatable bonds is 7. The normalized spacial score (nSPS) is 12.0. The lowest BCUT2D eigenvalue weighted by atomic mass is 10.0. The minimum absolute atomic E-state index is 0.0824. The fraction of sp³-hybridized carbons (Fsp3) is 0.227. The molecule has 30 heavy (non-hydrogen) atoms. The topological polar surface area (TPSA) is 91.4 Å². The number of carbonyl (C=O) groups is 1. The Labute approximate surface area is 173 Å². The number of amides is 1. The van der Waals surface area contributed by atoms with Gasteiger partial charge in [0.2, 0.25) is 5.91 Å². The highest BCUT2D eigenvalue weighted by molar-refractivity contribution is 5.86. The first-order valence-electron chi connectivity index (χ1n) is 9.42. The first-order chi connectivity index (χ1) is 14.6. The molecule has 1 amide bonds. The molecule has 0 aliphatic carbocycles. The molecule has 8 heteroatoms. The SMILES string of the molecule is COc1cc(OC)cc([C@@H](NC(=O)Cc2noc3ccccc23)c2nccn2C)c1. The molecule has 0 bridgehead atoms. The van der Waals surface area contributed by atoms with Crippen LogP contribution < -0.4 is 14.8 Å². The number of ether oxygens (including phenoxy) is 2. The van der Waals surface area contributed by atoms with Gasteiger partial charge in [-0.15, -0.1) is 0 Å². The highest BCUT2D eigenvalue weighted by Crippen LogP contribution is 2.29. The molecule has 154 valence electrons. The van der Waals surface area contributed by atoms with Crippen LogP contribution in [0.5, 0.6) is 11.5 Å². The molecule has 4 aromatic rings. The number of carbonyl (C=O) groups excluding carboxylic acids is 1. The van der Waals surface area contributed by atoms with Crippen LogP contribution in [0.2, 0.25) is 0 Å². The molecular weight excluding hydrogens is 384 g/mol. The first kappa shape index (κ1) is 19.5. The van der Waals surface area contributed by atoms with Crippen molar-refractivity contribution in [2.45, 2.75) is 12.5 Å². The molecule has 0 spiro atoms. The standard InChI is InChI=1S/C22H22N4O4/c1-26-9-8-23-22(26)21(14-10-15(28-2)12-16(11-14)29-3)24-20(27)13-18-17-6-4-5-7-19(17)30-25-18/h4-12,21H,13H2,1-3H3,(H,24,27)/t21-/m1/s1. The van der Waals surface area contributed by atoms with Crippen LogP contribution >= 0.6 is 0 Å². The third kappa shape index (κ3) is 3.84. The first-order valence-corrected chi connectivity index (χ1v) is 9.42. The number of methoxy groups -OCH3 is 2. The molecule has 0 fully saturated rings. The van der Waals surface area contributed by atoms with E-state index in [4.69, 9.17) is 14.0 Å². The predicted molar refractivity (Wildman–Crippen MR) is 110 cm³/mol. The van der Waals surface area contributed by atoms with Crippen molar-refractivity contribution in [2.75, 3.05) is 14.2 Å². The highest BCUT2D eigenvalue weighted by Gasteiger charge is 2.23. The molecule has 8 nitrogen and oxygen atoms in total. The lowest BCUT2D eigenvalue weighted by molar-refractivity contribution is -0.121. The maximum atomic E-state index is 13.0. The van der Waals surface area contributed by atoms with Crippen LogP contribution in [0, 0.1) is 0 Å². The lowest BCUT2D eigenvalue weighted by Crippen LogP contribution is -2.32. The van der Waals surface area contributed by atoms with Crippen molar-refractivity contribution in [3.8, 4) is 11.5 Å². The quantitative estimate of drug-likeness (QED) is 0.507. The fourth-order valence-electron chi connectivity index (χ4n) is 3.38. The molecule has 0 saturated carbocycles. The summed E-state index contributed by atoms with van der Waals surface area (Å²) >= 11 is 0. The Hall–Kier alpha value is -3.81. The maximum absolute atomic E-state index is 13.0. The Morgan fingerprint density at radius 3 is 2.57 bits per heavy atom. The van der Waals surface area contributed by atoms with Gasteiger partial charge in [0.05, 0.1) is 20.6 Å². The highest BCUT2D eigenvalue weighted by atomic mass is 16.5. The van der Waals surface area contributed by atoms with Gasteiger partial charge >= 0.3 is 0 Å². The van der Waals surface area contributed by atoms with Crippen LogP contribution in [0.15, 0.2) is 59.4 Å². The molecule has 2 aromatic carbocycles. The zero-order valence-electron chi connectivity index (χ0n) is 17.0. The number of aryl methyl sites for hydroxylation is 1. The van der Waals surface area contributed by atoms with Crippen molar-refractivity contribution in [3.63, 3.8) is 0 Å². The Morgan fingerprint density at radius 1 is 1.17 bits per heavy atom. The second-order valence-electron chi connectivity index (χ2n) is 6.85. The van der Waals surface area contributed by atoms with Crippen molar-refractivity contribution in [2.24, 2.45) is 7.05 Å². The number of para-hydroxylation sites is 1. The summed E-state index contributed by atoms with van der Waals surface area (Å²) in [4.78, 5) is 17.4. The molecule has 1 N–H and O–H groups in total. The van der Waals surface area contributed by atoms with E-state index in [1.54, 1.807) is 26.5 Å². The lowest BCUT2D eigenvalue weighted by Gasteiger charge is -2.20. The van der Waals surface area contributed by atoms with Gasteiger partial charge in [0.25, 0.3) is 0 Å². The average Bonchev–Trinajstić information content (AvgIpc) is 3.38. The number of nitrogens with one attached hydrogen (secondary N) is 1. The number of benzene rings is 2. The summed E-state index contributed by atoms with van der Waals surface area (Å²) in [7, 11) is 5.05. The molecule has 0 radical (unpaired) electrons. The van der Waals surface area contributed by atoms with Crippen LogP contribution in [0.3, 0.4) is 0 Å². The second-order valence-corrected chi connectivity index (χ2v) is 6.85. The summed E-state index contributed by atoms with van der Waals surface area (Å²) in [5, 5.41) is 7.94. The summed E-state index contributed by atoms with van der Waals surface area (Å²) in [5.41, 5.74) is 2.03. The molecule has 0 aliphatic heterocycles. The van der Waals surface area contributed by atoms with E-state index in [1.165, 1.54) is 0 Å². The smallest absolute Gasteiger partial charge is 0.227 e. The van der Waals surface area contributed by atoms with Crippen molar-refractivity contribution in [1.29, 1.82) is 0 Å². The third-order valence-electron chi connectivity index (χ3n) is 4.91. The number of imidazole rings is 1. The number of aromatic nitrogens is 3. The molecule has 1 atom stereocenters. The van der Waals surface area contributed by atoms with Gasteiger partial charge in [-0.05, 0) is 29.8 Å². The number of fused-ring (bicyclic) bond motifs is 1. The van der Waals surface area contributed by atoms with Crippen molar-refractivity contribution >= 4 is 16.9 Å². The maximum Gasteiger partial charge on any atom is 0.227 e. The summed E-state index contributed by atoms with van der Waals surface area (Å²) < 4.78 is 18.0. The number of hydrogen-bond acceptors (Lipinski definition) is 6. The van der Waals surface area contributed by atoms with Crippen molar-refractivity contribution in [3.05, 3.63) is 71.9 Å².